The zero-order valence-corrected chi connectivity index (χ0v) is 11.6. The molecule has 0 aromatic rings. The number of carbonyl (C=O) groups is 2. The number of esters is 1. The van der Waals surface area contributed by atoms with Crippen LogP contribution in [0.2, 0.25) is 0 Å². The summed E-state index contributed by atoms with van der Waals surface area (Å²) >= 11 is 0. The summed E-state index contributed by atoms with van der Waals surface area (Å²) in [5, 5.41) is 0. The van der Waals surface area contributed by atoms with Crippen LogP contribution < -0.4 is 0 Å². The predicted molar refractivity (Wildman–Crippen MR) is 68.2 cm³/mol. The van der Waals surface area contributed by atoms with E-state index in [-0.39, 0.29) is 23.6 Å². The summed E-state index contributed by atoms with van der Waals surface area (Å²) in [6, 6.07) is 0. The van der Waals surface area contributed by atoms with E-state index in [1.165, 1.54) is 0 Å². The molecule has 2 atom stereocenters. The Kier molecular flexibility index (Phi) is 5.79. The lowest BCUT2D eigenvalue weighted by atomic mass is 9.84. The Hall–Kier alpha value is -0.900. The number of carbonyl (C=O) groups excluding carboxylic acids is 2. The molecule has 0 N–H and O–H groups in total. The van der Waals surface area contributed by atoms with Crippen LogP contribution in [0.5, 0.6) is 0 Å². The van der Waals surface area contributed by atoms with Crippen LogP contribution in [-0.4, -0.2) is 30.6 Å². The van der Waals surface area contributed by atoms with Gasteiger partial charge in [0.2, 0.25) is 0 Å². The molecule has 0 aliphatic carbocycles. The third-order valence-electron chi connectivity index (χ3n) is 3.18. The molecule has 18 heavy (non-hydrogen) atoms. The number of aldehydes is 1. The van der Waals surface area contributed by atoms with Gasteiger partial charge in [-0.2, -0.15) is 0 Å². The first-order valence-electron chi connectivity index (χ1n) is 6.75. The summed E-state index contributed by atoms with van der Waals surface area (Å²) in [6.45, 7) is 6.47. The molecule has 1 heterocycles. The van der Waals surface area contributed by atoms with Crippen molar-refractivity contribution in [1.29, 1.82) is 0 Å². The lowest BCUT2D eigenvalue weighted by molar-refractivity contribution is -0.156. The quantitative estimate of drug-likeness (QED) is 0.416. The average Bonchev–Trinajstić information content (AvgIpc) is 2.27. The highest BCUT2D eigenvalue weighted by Gasteiger charge is 2.35. The van der Waals surface area contributed by atoms with E-state index < -0.39 is 0 Å². The van der Waals surface area contributed by atoms with Gasteiger partial charge in [-0.15, -0.1) is 0 Å². The number of hydrogen-bond donors (Lipinski definition) is 0. The van der Waals surface area contributed by atoms with Crippen LogP contribution in [0.1, 0.15) is 52.9 Å². The molecule has 1 aliphatic heterocycles. The Bertz CT molecular complexity index is 286. The molecule has 1 saturated heterocycles. The molecule has 0 radical (unpaired) electrons. The molecule has 1 fully saturated rings. The topological polar surface area (TPSA) is 52.6 Å². The van der Waals surface area contributed by atoms with Gasteiger partial charge in [-0.25, -0.2) is 0 Å². The highest BCUT2D eigenvalue weighted by Crippen LogP contribution is 2.33. The lowest BCUT2D eigenvalue weighted by Gasteiger charge is -2.38. The smallest absolute Gasteiger partial charge is 0.306 e. The fraction of sp³-hybridized carbons (Fsp3) is 0.857. The standard InChI is InChI=1S/C14H24O4/c1-4-5-6-17-13(16)8-11-7-12(10-15)18-14(2,3)9-11/h10-12H,4-9H2,1-3H3/t11?,12-/m0/s1. The van der Waals surface area contributed by atoms with Crippen LogP contribution in [-0.2, 0) is 19.1 Å². The van der Waals surface area contributed by atoms with Crippen LogP contribution in [0.3, 0.4) is 0 Å². The molecule has 0 aromatic heterocycles. The molecule has 104 valence electrons. The van der Waals surface area contributed by atoms with Gasteiger partial charge in [0, 0.05) is 6.42 Å². The minimum atomic E-state index is -0.387. The third kappa shape index (κ3) is 5.17. The molecule has 0 aromatic carbocycles. The van der Waals surface area contributed by atoms with Gasteiger partial charge in [-0.1, -0.05) is 13.3 Å². The number of hydrogen-bond acceptors (Lipinski definition) is 4. The van der Waals surface area contributed by atoms with Crippen molar-refractivity contribution >= 4 is 12.3 Å². The first-order valence-corrected chi connectivity index (χ1v) is 6.75. The molecule has 0 amide bonds. The maximum atomic E-state index is 11.6. The molecular formula is C14H24O4. The largest absolute Gasteiger partial charge is 0.466 e. The molecule has 1 unspecified atom stereocenters. The summed E-state index contributed by atoms with van der Waals surface area (Å²) in [5.41, 5.74) is -0.335. The minimum absolute atomic E-state index is 0.157. The monoisotopic (exact) mass is 256 g/mol. The number of unbranched alkanes of at least 4 members (excludes halogenated alkanes) is 1. The minimum Gasteiger partial charge on any atom is -0.466 e. The van der Waals surface area contributed by atoms with Crippen molar-refractivity contribution in [1.82, 2.24) is 0 Å². The number of ether oxygens (including phenoxy) is 2. The van der Waals surface area contributed by atoms with Gasteiger partial charge >= 0.3 is 5.97 Å². The molecule has 0 spiro atoms. The Morgan fingerprint density at radius 3 is 2.83 bits per heavy atom. The van der Waals surface area contributed by atoms with Crippen LogP contribution in [0.4, 0.5) is 0 Å². The molecule has 1 rings (SSSR count). The van der Waals surface area contributed by atoms with Gasteiger partial charge in [-0.3, -0.25) is 4.79 Å². The fourth-order valence-corrected chi connectivity index (χ4v) is 2.48. The van der Waals surface area contributed by atoms with Gasteiger partial charge in [0.25, 0.3) is 0 Å². The fourth-order valence-electron chi connectivity index (χ4n) is 2.48. The van der Waals surface area contributed by atoms with E-state index in [9.17, 15) is 9.59 Å². The van der Waals surface area contributed by atoms with E-state index >= 15 is 0 Å². The van der Waals surface area contributed by atoms with Crippen molar-refractivity contribution in [2.45, 2.75) is 64.6 Å². The van der Waals surface area contributed by atoms with E-state index in [0.29, 0.717) is 19.4 Å². The molecule has 0 bridgehead atoms. The Morgan fingerprint density at radius 1 is 1.50 bits per heavy atom. The molecule has 4 heteroatoms. The second kappa shape index (κ2) is 6.88. The summed E-state index contributed by atoms with van der Waals surface area (Å²) in [7, 11) is 0. The van der Waals surface area contributed by atoms with Gasteiger partial charge in [0.05, 0.1) is 12.2 Å². The highest BCUT2D eigenvalue weighted by molar-refractivity contribution is 5.69. The van der Waals surface area contributed by atoms with Crippen molar-refractivity contribution in [2.24, 2.45) is 5.92 Å². The zero-order chi connectivity index (χ0) is 13.6. The van der Waals surface area contributed by atoms with Crippen LogP contribution >= 0.6 is 0 Å². The van der Waals surface area contributed by atoms with Crippen molar-refractivity contribution in [2.75, 3.05) is 6.61 Å². The predicted octanol–water partition coefficient (Wildman–Crippen LogP) is 2.49. The van der Waals surface area contributed by atoms with Gasteiger partial charge < -0.3 is 14.3 Å². The second-order valence-electron chi connectivity index (χ2n) is 5.64. The van der Waals surface area contributed by atoms with E-state index in [1.54, 1.807) is 0 Å². The van der Waals surface area contributed by atoms with Crippen molar-refractivity contribution in [3.63, 3.8) is 0 Å². The second-order valence-corrected chi connectivity index (χ2v) is 5.64. The lowest BCUT2D eigenvalue weighted by Crippen LogP contribution is -2.41. The maximum Gasteiger partial charge on any atom is 0.306 e. The first-order chi connectivity index (χ1) is 8.46. The van der Waals surface area contributed by atoms with Crippen LogP contribution in [0.25, 0.3) is 0 Å². The third-order valence-corrected chi connectivity index (χ3v) is 3.18. The van der Waals surface area contributed by atoms with E-state index in [0.717, 1.165) is 25.5 Å². The Morgan fingerprint density at radius 2 is 2.22 bits per heavy atom. The van der Waals surface area contributed by atoms with Crippen molar-refractivity contribution < 1.29 is 19.1 Å². The van der Waals surface area contributed by atoms with Gasteiger partial charge in [-0.05, 0) is 39.0 Å². The summed E-state index contributed by atoms with van der Waals surface area (Å²) in [4.78, 5) is 22.5. The normalized spacial score (nSPS) is 26.6. The molecule has 0 saturated carbocycles. The summed E-state index contributed by atoms with van der Waals surface area (Å²) in [5.74, 6) is 0.0221. The molecule has 4 nitrogen and oxygen atoms in total. The number of rotatable bonds is 6. The zero-order valence-electron chi connectivity index (χ0n) is 11.6. The molecular weight excluding hydrogens is 232 g/mol. The Balaban J connectivity index is 2.40. The van der Waals surface area contributed by atoms with E-state index in [1.807, 2.05) is 13.8 Å². The molecule has 1 aliphatic rings. The van der Waals surface area contributed by atoms with Crippen molar-refractivity contribution in [3.05, 3.63) is 0 Å². The van der Waals surface area contributed by atoms with Gasteiger partial charge in [0.15, 0.2) is 0 Å². The van der Waals surface area contributed by atoms with Crippen LogP contribution in [0.15, 0.2) is 0 Å². The first kappa shape index (κ1) is 15.2. The summed E-state index contributed by atoms with van der Waals surface area (Å²) < 4.78 is 10.8. The maximum absolute atomic E-state index is 11.6. The summed E-state index contributed by atoms with van der Waals surface area (Å²) in [6.07, 6.45) is 4.17. The van der Waals surface area contributed by atoms with Gasteiger partial charge in [0.1, 0.15) is 12.4 Å². The van der Waals surface area contributed by atoms with E-state index in [4.69, 9.17) is 9.47 Å². The van der Waals surface area contributed by atoms with Crippen molar-refractivity contribution in [3.8, 4) is 0 Å². The van der Waals surface area contributed by atoms with Crippen LogP contribution in [0, 0.1) is 5.92 Å². The van der Waals surface area contributed by atoms with E-state index in [2.05, 4.69) is 6.92 Å². The highest BCUT2D eigenvalue weighted by atomic mass is 16.5. The average molecular weight is 256 g/mol. The SMILES string of the molecule is CCCCOC(=O)CC1C[C@@H](C=O)OC(C)(C)C1. The Labute approximate surface area is 109 Å².